The van der Waals surface area contributed by atoms with Crippen LogP contribution in [0.2, 0.25) is 0 Å². The molecular formula is C20H25BrN2O3S. The van der Waals surface area contributed by atoms with Crippen molar-refractivity contribution in [2.45, 2.75) is 24.8 Å². The molecule has 0 saturated carbocycles. The third kappa shape index (κ3) is 5.10. The molecule has 0 atom stereocenters. The van der Waals surface area contributed by atoms with Crippen LogP contribution in [-0.4, -0.2) is 50.4 Å². The molecule has 0 bridgehead atoms. The van der Waals surface area contributed by atoms with E-state index in [4.69, 9.17) is 4.74 Å². The fourth-order valence-electron chi connectivity index (χ4n) is 3.09. The first kappa shape index (κ1) is 20.3. The third-order valence-electron chi connectivity index (χ3n) is 4.58. The van der Waals surface area contributed by atoms with Gasteiger partial charge in [-0.1, -0.05) is 37.3 Å². The molecule has 0 aromatic heterocycles. The lowest BCUT2D eigenvalue weighted by atomic mass is 10.2. The first-order chi connectivity index (χ1) is 13.0. The number of nitrogens with zero attached hydrogens (tertiary/aromatic N) is 2. The van der Waals surface area contributed by atoms with Crippen LogP contribution in [-0.2, 0) is 16.6 Å². The monoisotopic (exact) mass is 452 g/mol. The number of benzene rings is 2. The van der Waals surface area contributed by atoms with Gasteiger partial charge in [0.05, 0.1) is 16.0 Å². The molecular weight excluding hydrogens is 428 g/mol. The number of rotatable bonds is 7. The second kappa shape index (κ2) is 9.19. The number of hydrogen-bond acceptors (Lipinski definition) is 4. The largest absolute Gasteiger partial charge is 0.492 e. The minimum absolute atomic E-state index is 0.285. The minimum Gasteiger partial charge on any atom is -0.492 e. The van der Waals surface area contributed by atoms with E-state index >= 15 is 0 Å². The van der Waals surface area contributed by atoms with E-state index in [1.54, 1.807) is 22.5 Å². The lowest BCUT2D eigenvalue weighted by Gasteiger charge is -2.34. The van der Waals surface area contributed by atoms with E-state index in [2.05, 4.69) is 33.0 Å². The second-order valence-electron chi connectivity index (χ2n) is 6.61. The Labute approximate surface area is 170 Å². The highest BCUT2D eigenvalue weighted by Crippen LogP contribution is 2.30. The van der Waals surface area contributed by atoms with Crippen LogP contribution in [0.1, 0.15) is 18.9 Å². The summed E-state index contributed by atoms with van der Waals surface area (Å²) in [4.78, 5) is 2.58. The van der Waals surface area contributed by atoms with Crippen molar-refractivity contribution in [2.75, 3.05) is 32.8 Å². The minimum atomic E-state index is -3.52. The summed E-state index contributed by atoms with van der Waals surface area (Å²) in [5.74, 6) is 0.570. The first-order valence-electron chi connectivity index (χ1n) is 9.19. The van der Waals surface area contributed by atoms with Gasteiger partial charge in [-0.2, -0.15) is 4.31 Å². The maximum atomic E-state index is 13.0. The number of halogens is 1. The van der Waals surface area contributed by atoms with E-state index < -0.39 is 10.0 Å². The van der Waals surface area contributed by atoms with E-state index in [0.717, 1.165) is 30.5 Å². The van der Waals surface area contributed by atoms with Gasteiger partial charge in [0.15, 0.2) is 0 Å². The highest BCUT2D eigenvalue weighted by Gasteiger charge is 2.29. The maximum Gasteiger partial charge on any atom is 0.243 e. The van der Waals surface area contributed by atoms with E-state index in [0.29, 0.717) is 25.4 Å². The fourth-order valence-corrected chi connectivity index (χ4v) is 4.88. The summed E-state index contributed by atoms with van der Waals surface area (Å²) in [5, 5.41) is 0. The molecule has 1 aliphatic rings. The average Bonchev–Trinajstić information content (AvgIpc) is 2.68. The van der Waals surface area contributed by atoms with Gasteiger partial charge in [-0.25, -0.2) is 8.42 Å². The van der Waals surface area contributed by atoms with Crippen LogP contribution in [0.15, 0.2) is 57.9 Å². The van der Waals surface area contributed by atoms with E-state index in [1.807, 2.05) is 25.1 Å². The van der Waals surface area contributed by atoms with Crippen LogP contribution >= 0.6 is 15.9 Å². The molecule has 1 aliphatic heterocycles. The standard InChI is InChI=1S/C20H25BrN2O3S/c1-2-14-26-20-15-18(8-9-19(20)21)27(24,25)23-12-10-22(11-13-23)16-17-6-4-3-5-7-17/h3-9,15H,2,10-14,16H2,1H3. The van der Waals surface area contributed by atoms with E-state index in [9.17, 15) is 8.42 Å². The predicted octanol–water partition coefficient (Wildman–Crippen LogP) is 3.74. The van der Waals surface area contributed by atoms with Gasteiger partial charge in [-0.05, 0) is 40.0 Å². The molecule has 0 amide bonds. The Balaban J connectivity index is 1.66. The summed E-state index contributed by atoms with van der Waals surface area (Å²) in [6.45, 7) is 5.87. The van der Waals surface area contributed by atoms with Gasteiger partial charge in [-0.15, -0.1) is 0 Å². The zero-order chi connectivity index (χ0) is 19.3. The molecule has 2 aromatic carbocycles. The lowest BCUT2D eigenvalue weighted by Crippen LogP contribution is -2.48. The summed E-state index contributed by atoms with van der Waals surface area (Å²) in [5.41, 5.74) is 1.25. The Morgan fingerprint density at radius 1 is 1.04 bits per heavy atom. The molecule has 27 heavy (non-hydrogen) atoms. The van der Waals surface area contributed by atoms with Crippen LogP contribution in [0.25, 0.3) is 0 Å². The zero-order valence-corrected chi connectivity index (χ0v) is 17.9. The quantitative estimate of drug-likeness (QED) is 0.641. The molecule has 0 spiro atoms. The Hall–Kier alpha value is -1.41. The van der Waals surface area contributed by atoms with E-state index in [1.165, 1.54) is 5.56 Å². The van der Waals surface area contributed by atoms with E-state index in [-0.39, 0.29) is 4.90 Å². The third-order valence-corrected chi connectivity index (χ3v) is 7.13. The number of sulfonamides is 1. The Bertz CT molecular complexity index is 851. The SMILES string of the molecule is CCCOc1cc(S(=O)(=O)N2CCN(Cc3ccccc3)CC2)ccc1Br. The molecule has 2 aromatic rings. The Kier molecular flexibility index (Phi) is 6.92. The lowest BCUT2D eigenvalue weighted by molar-refractivity contribution is 0.181. The van der Waals surface area contributed by atoms with Crippen LogP contribution in [0.3, 0.4) is 0 Å². The van der Waals surface area contributed by atoms with Gasteiger partial charge in [0.25, 0.3) is 0 Å². The van der Waals surface area contributed by atoms with Gasteiger partial charge >= 0.3 is 0 Å². The van der Waals surface area contributed by atoms with Crippen molar-refractivity contribution in [3.8, 4) is 5.75 Å². The molecule has 1 saturated heterocycles. The van der Waals surface area contributed by atoms with Gasteiger partial charge < -0.3 is 4.74 Å². The summed E-state index contributed by atoms with van der Waals surface area (Å²) < 4.78 is 34.0. The molecule has 146 valence electrons. The molecule has 0 unspecified atom stereocenters. The molecule has 0 radical (unpaired) electrons. The average molecular weight is 453 g/mol. The maximum absolute atomic E-state index is 13.0. The summed E-state index contributed by atoms with van der Waals surface area (Å²) in [6, 6.07) is 15.3. The van der Waals surface area contributed by atoms with Crippen LogP contribution in [0, 0.1) is 0 Å². The van der Waals surface area contributed by atoms with Crippen LogP contribution < -0.4 is 4.74 Å². The summed E-state index contributed by atoms with van der Waals surface area (Å²) >= 11 is 3.42. The van der Waals surface area contributed by atoms with Crippen molar-refractivity contribution in [3.05, 3.63) is 58.6 Å². The topological polar surface area (TPSA) is 49.9 Å². The molecule has 1 heterocycles. The Morgan fingerprint density at radius 2 is 1.74 bits per heavy atom. The normalized spacial score (nSPS) is 16.4. The van der Waals surface area contributed by atoms with Gasteiger partial charge in [0.1, 0.15) is 5.75 Å². The van der Waals surface area contributed by atoms with Gasteiger partial charge in [-0.3, -0.25) is 4.90 Å². The molecule has 3 rings (SSSR count). The predicted molar refractivity (Wildman–Crippen MR) is 110 cm³/mol. The van der Waals surface area contributed by atoms with Crippen molar-refractivity contribution in [1.82, 2.24) is 9.21 Å². The van der Waals surface area contributed by atoms with Gasteiger partial charge in [0, 0.05) is 38.8 Å². The highest BCUT2D eigenvalue weighted by molar-refractivity contribution is 9.10. The summed E-state index contributed by atoms with van der Waals surface area (Å²) in [7, 11) is -3.52. The first-order valence-corrected chi connectivity index (χ1v) is 11.4. The zero-order valence-electron chi connectivity index (χ0n) is 15.5. The Morgan fingerprint density at radius 3 is 2.41 bits per heavy atom. The van der Waals surface area contributed by atoms with Crippen molar-refractivity contribution in [3.63, 3.8) is 0 Å². The van der Waals surface area contributed by atoms with Crippen molar-refractivity contribution < 1.29 is 13.2 Å². The number of hydrogen-bond donors (Lipinski definition) is 0. The van der Waals surface area contributed by atoms with Crippen LogP contribution in [0.5, 0.6) is 5.75 Å². The highest BCUT2D eigenvalue weighted by atomic mass is 79.9. The molecule has 0 N–H and O–H groups in total. The fraction of sp³-hybridized carbons (Fsp3) is 0.400. The molecule has 0 aliphatic carbocycles. The van der Waals surface area contributed by atoms with Crippen molar-refractivity contribution >= 4 is 26.0 Å². The second-order valence-corrected chi connectivity index (χ2v) is 9.40. The smallest absolute Gasteiger partial charge is 0.243 e. The van der Waals surface area contributed by atoms with Gasteiger partial charge in [0.2, 0.25) is 10.0 Å². The molecule has 5 nitrogen and oxygen atoms in total. The summed E-state index contributed by atoms with van der Waals surface area (Å²) in [6.07, 6.45) is 0.868. The van der Waals surface area contributed by atoms with Crippen molar-refractivity contribution in [1.29, 1.82) is 0 Å². The molecule has 7 heteroatoms. The number of piperazine rings is 1. The molecule has 1 fully saturated rings. The number of ether oxygens (including phenoxy) is 1. The van der Waals surface area contributed by atoms with Crippen LogP contribution in [0.4, 0.5) is 0 Å². The van der Waals surface area contributed by atoms with Crippen molar-refractivity contribution in [2.24, 2.45) is 0 Å².